The van der Waals surface area contributed by atoms with E-state index in [1.54, 1.807) is 0 Å². The van der Waals surface area contributed by atoms with Gasteiger partial charge in [-0.25, -0.2) is 0 Å². The van der Waals surface area contributed by atoms with E-state index in [-0.39, 0.29) is 0 Å². The average molecular weight is 144 g/mol. The Kier molecular flexibility index (Phi) is 6.98. The summed E-state index contributed by atoms with van der Waals surface area (Å²) in [5.74, 6) is 0.831. The second-order valence-electron chi connectivity index (χ2n) is 2.74. The highest BCUT2D eigenvalue weighted by Gasteiger charge is 2.02. The van der Waals surface area contributed by atoms with E-state index in [2.05, 4.69) is 12.2 Å². The zero-order valence-electron chi connectivity index (χ0n) is 7.19. The van der Waals surface area contributed by atoms with Crippen molar-refractivity contribution in [2.75, 3.05) is 20.1 Å². The van der Waals surface area contributed by atoms with E-state index in [1.165, 1.54) is 19.3 Å². The summed E-state index contributed by atoms with van der Waals surface area (Å²) in [6.45, 7) is 4.19. The lowest BCUT2D eigenvalue weighted by atomic mass is 9.99. The first-order chi connectivity index (χ1) is 4.85. The predicted molar refractivity (Wildman–Crippen MR) is 46.0 cm³/mol. The predicted octanol–water partition coefficient (Wildman–Crippen LogP) is 0.971. The van der Waals surface area contributed by atoms with Crippen molar-refractivity contribution in [3.8, 4) is 0 Å². The molecule has 0 amide bonds. The highest BCUT2D eigenvalue weighted by molar-refractivity contribution is 4.58. The summed E-state index contributed by atoms with van der Waals surface area (Å²) in [7, 11) is 2.00. The van der Waals surface area contributed by atoms with Gasteiger partial charge in [0.1, 0.15) is 0 Å². The van der Waals surface area contributed by atoms with Crippen molar-refractivity contribution in [1.82, 2.24) is 5.32 Å². The van der Waals surface area contributed by atoms with Crippen molar-refractivity contribution in [3.05, 3.63) is 0 Å². The zero-order valence-corrected chi connectivity index (χ0v) is 7.19. The molecule has 10 heavy (non-hydrogen) atoms. The lowest BCUT2D eigenvalue weighted by Gasteiger charge is -2.12. The fourth-order valence-corrected chi connectivity index (χ4v) is 1.14. The minimum atomic E-state index is 0.831. The molecule has 0 aliphatic carbocycles. The summed E-state index contributed by atoms with van der Waals surface area (Å²) in [6.07, 6.45) is 3.71. The van der Waals surface area contributed by atoms with Gasteiger partial charge in [-0.2, -0.15) is 0 Å². The van der Waals surface area contributed by atoms with Crippen LogP contribution in [0.5, 0.6) is 0 Å². The highest BCUT2D eigenvalue weighted by atomic mass is 14.8. The van der Waals surface area contributed by atoms with Crippen LogP contribution in [-0.2, 0) is 0 Å². The van der Waals surface area contributed by atoms with Gasteiger partial charge in [0, 0.05) is 0 Å². The van der Waals surface area contributed by atoms with Crippen LogP contribution in [0.3, 0.4) is 0 Å². The highest BCUT2D eigenvalue weighted by Crippen LogP contribution is 2.10. The number of rotatable bonds is 6. The molecular formula is C8H20N2. The molecule has 62 valence electrons. The molecule has 0 spiro atoms. The third-order valence-electron chi connectivity index (χ3n) is 1.95. The maximum Gasteiger partial charge on any atom is -0.00493 e. The Hall–Kier alpha value is -0.0800. The van der Waals surface area contributed by atoms with Crippen molar-refractivity contribution >= 4 is 0 Å². The normalized spacial score (nSPS) is 13.5. The van der Waals surface area contributed by atoms with Gasteiger partial charge in [-0.05, 0) is 38.9 Å². The smallest absolute Gasteiger partial charge is 0.00493 e. The van der Waals surface area contributed by atoms with Crippen LogP contribution in [0.2, 0.25) is 0 Å². The Morgan fingerprint density at radius 3 is 2.50 bits per heavy atom. The van der Waals surface area contributed by atoms with E-state index in [0.717, 1.165) is 19.0 Å². The second kappa shape index (κ2) is 7.03. The molecule has 0 aromatic rings. The minimum Gasteiger partial charge on any atom is -0.330 e. The zero-order chi connectivity index (χ0) is 7.82. The lowest BCUT2D eigenvalue weighted by molar-refractivity contribution is 0.436. The Morgan fingerprint density at radius 2 is 2.10 bits per heavy atom. The van der Waals surface area contributed by atoms with Crippen molar-refractivity contribution in [2.45, 2.75) is 26.2 Å². The SMILES string of the molecule is CCC(CCN)CCNC. The van der Waals surface area contributed by atoms with E-state index in [4.69, 9.17) is 5.73 Å². The molecule has 0 aliphatic rings. The Balaban J connectivity index is 3.21. The van der Waals surface area contributed by atoms with E-state index in [1.807, 2.05) is 7.05 Å². The van der Waals surface area contributed by atoms with Crippen molar-refractivity contribution in [2.24, 2.45) is 11.7 Å². The third-order valence-corrected chi connectivity index (χ3v) is 1.95. The van der Waals surface area contributed by atoms with Gasteiger partial charge in [0.05, 0.1) is 0 Å². The Labute approximate surface area is 64.2 Å². The molecule has 0 saturated heterocycles. The van der Waals surface area contributed by atoms with Gasteiger partial charge >= 0.3 is 0 Å². The van der Waals surface area contributed by atoms with E-state index >= 15 is 0 Å². The summed E-state index contributed by atoms with van der Waals surface area (Å²) >= 11 is 0. The van der Waals surface area contributed by atoms with E-state index in [9.17, 15) is 0 Å². The molecule has 0 fully saturated rings. The largest absolute Gasteiger partial charge is 0.330 e. The van der Waals surface area contributed by atoms with Gasteiger partial charge in [0.15, 0.2) is 0 Å². The standard InChI is InChI=1S/C8H20N2/c1-3-8(4-6-9)5-7-10-2/h8,10H,3-7,9H2,1-2H3. The van der Waals surface area contributed by atoms with Crippen molar-refractivity contribution in [3.63, 3.8) is 0 Å². The second-order valence-corrected chi connectivity index (χ2v) is 2.74. The maximum absolute atomic E-state index is 5.46. The van der Waals surface area contributed by atoms with Gasteiger partial charge in [0.2, 0.25) is 0 Å². The van der Waals surface area contributed by atoms with Crippen LogP contribution in [0.15, 0.2) is 0 Å². The quantitative estimate of drug-likeness (QED) is 0.583. The summed E-state index contributed by atoms with van der Waals surface area (Å²) in [4.78, 5) is 0. The molecule has 0 saturated carbocycles. The monoisotopic (exact) mass is 144 g/mol. The molecule has 0 aromatic heterocycles. The van der Waals surface area contributed by atoms with E-state index in [0.29, 0.717) is 0 Å². The van der Waals surface area contributed by atoms with Gasteiger partial charge in [-0.3, -0.25) is 0 Å². The van der Waals surface area contributed by atoms with Crippen LogP contribution in [0.1, 0.15) is 26.2 Å². The first-order valence-electron chi connectivity index (χ1n) is 4.19. The topological polar surface area (TPSA) is 38.0 Å². The molecule has 3 N–H and O–H groups in total. The van der Waals surface area contributed by atoms with Gasteiger partial charge < -0.3 is 11.1 Å². The molecular weight excluding hydrogens is 124 g/mol. The molecule has 0 bridgehead atoms. The fraction of sp³-hybridized carbons (Fsp3) is 1.00. The first-order valence-corrected chi connectivity index (χ1v) is 4.19. The minimum absolute atomic E-state index is 0.831. The van der Waals surface area contributed by atoms with Crippen molar-refractivity contribution < 1.29 is 0 Å². The van der Waals surface area contributed by atoms with Gasteiger partial charge in [-0.15, -0.1) is 0 Å². The van der Waals surface area contributed by atoms with Gasteiger partial charge in [-0.1, -0.05) is 13.3 Å². The summed E-state index contributed by atoms with van der Waals surface area (Å²) in [5, 5.41) is 3.15. The summed E-state index contributed by atoms with van der Waals surface area (Å²) < 4.78 is 0. The maximum atomic E-state index is 5.46. The van der Waals surface area contributed by atoms with Crippen LogP contribution in [0, 0.1) is 5.92 Å². The van der Waals surface area contributed by atoms with E-state index < -0.39 is 0 Å². The van der Waals surface area contributed by atoms with Crippen LogP contribution in [0.4, 0.5) is 0 Å². The molecule has 0 aliphatic heterocycles. The molecule has 0 radical (unpaired) electrons. The molecule has 1 unspecified atom stereocenters. The lowest BCUT2D eigenvalue weighted by Crippen LogP contribution is -2.15. The Bertz CT molecular complexity index is 64.3. The number of nitrogens with one attached hydrogen (secondary N) is 1. The average Bonchev–Trinajstić information content (AvgIpc) is 1.98. The molecule has 0 heterocycles. The fourth-order valence-electron chi connectivity index (χ4n) is 1.14. The summed E-state index contributed by atoms with van der Waals surface area (Å²) in [6, 6.07) is 0. The molecule has 2 heteroatoms. The van der Waals surface area contributed by atoms with Crippen LogP contribution in [-0.4, -0.2) is 20.1 Å². The summed E-state index contributed by atoms with van der Waals surface area (Å²) in [5.41, 5.74) is 5.46. The molecule has 0 aromatic carbocycles. The molecule has 0 rings (SSSR count). The number of nitrogens with two attached hydrogens (primary N) is 1. The van der Waals surface area contributed by atoms with Crippen LogP contribution >= 0.6 is 0 Å². The van der Waals surface area contributed by atoms with Crippen LogP contribution in [0.25, 0.3) is 0 Å². The number of hydrogen-bond donors (Lipinski definition) is 2. The Morgan fingerprint density at radius 1 is 1.40 bits per heavy atom. The van der Waals surface area contributed by atoms with Crippen molar-refractivity contribution in [1.29, 1.82) is 0 Å². The number of hydrogen-bond acceptors (Lipinski definition) is 2. The molecule has 2 nitrogen and oxygen atoms in total. The van der Waals surface area contributed by atoms with Crippen LogP contribution < -0.4 is 11.1 Å². The first kappa shape index (κ1) is 9.92. The molecule has 1 atom stereocenters. The third kappa shape index (κ3) is 4.77. The van der Waals surface area contributed by atoms with Gasteiger partial charge in [0.25, 0.3) is 0 Å².